The van der Waals surface area contributed by atoms with E-state index in [2.05, 4.69) is 32.2 Å². The van der Waals surface area contributed by atoms with Crippen molar-refractivity contribution in [1.82, 2.24) is 19.9 Å². The van der Waals surface area contributed by atoms with Crippen LogP contribution in [-0.4, -0.2) is 26.5 Å². The summed E-state index contributed by atoms with van der Waals surface area (Å²) in [6, 6.07) is 3.58. The molecule has 0 amide bonds. The summed E-state index contributed by atoms with van der Waals surface area (Å²) in [4.78, 5) is 16.3. The van der Waals surface area contributed by atoms with Crippen LogP contribution in [0.25, 0.3) is 0 Å². The fraction of sp³-hybridized carbons (Fsp3) is 0.333. The molecule has 0 aliphatic heterocycles. The molecule has 0 saturated heterocycles. The molecule has 18 heavy (non-hydrogen) atoms. The lowest BCUT2D eigenvalue weighted by molar-refractivity contribution is 0.305. The molecule has 0 atom stereocenters. The Kier molecular flexibility index (Phi) is 4.40. The van der Waals surface area contributed by atoms with Crippen LogP contribution in [0.3, 0.4) is 0 Å². The SMILES string of the molecule is CCCOc1ccnc(NCc2ccncn2)n1. The van der Waals surface area contributed by atoms with E-state index >= 15 is 0 Å². The van der Waals surface area contributed by atoms with Crippen LogP contribution in [-0.2, 0) is 6.54 Å². The van der Waals surface area contributed by atoms with Gasteiger partial charge in [0.25, 0.3) is 0 Å². The maximum atomic E-state index is 5.43. The van der Waals surface area contributed by atoms with Crippen LogP contribution in [0, 0.1) is 0 Å². The third-order valence-electron chi connectivity index (χ3n) is 2.15. The predicted molar refractivity (Wildman–Crippen MR) is 67.2 cm³/mol. The van der Waals surface area contributed by atoms with Crippen molar-refractivity contribution in [3.8, 4) is 5.88 Å². The molecule has 6 heteroatoms. The van der Waals surface area contributed by atoms with Crippen LogP contribution in [0.2, 0.25) is 0 Å². The summed E-state index contributed by atoms with van der Waals surface area (Å²) in [5.41, 5.74) is 0.883. The predicted octanol–water partition coefficient (Wildman–Crippen LogP) is 1.67. The molecule has 2 aromatic heterocycles. The van der Waals surface area contributed by atoms with E-state index in [4.69, 9.17) is 4.74 Å². The summed E-state index contributed by atoms with van der Waals surface area (Å²) in [6.45, 7) is 3.26. The highest BCUT2D eigenvalue weighted by Crippen LogP contribution is 2.09. The van der Waals surface area contributed by atoms with Crippen molar-refractivity contribution in [2.45, 2.75) is 19.9 Å². The second-order valence-electron chi connectivity index (χ2n) is 3.62. The molecular formula is C12H15N5O. The minimum absolute atomic E-state index is 0.530. The molecule has 2 rings (SSSR count). The van der Waals surface area contributed by atoms with Crippen molar-refractivity contribution in [2.24, 2.45) is 0 Å². The quantitative estimate of drug-likeness (QED) is 0.834. The molecule has 0 bridgehead atoms. The molecule has 0 aromatic carbocycles. The van der Waals surface area contributed by atoms with E-state index in [1.165, 1.54) is 6.33 Å². The number of hydrogen-bond donors (Lipinski definition) is 1. The fourth-order valence-electron chi connectivity index (χ4n) is 1.31. The molecule has 0 spiro atoms. The van der Waals surface area contributed by atoms with Gasteiger partial charge in [-0.15, -0.1) is 0 Å². The Balaban J connectivity index is 1.93. The van der Waals surface area contributed by atoms with E-state index < -0.39 is 0 Å². The summed E-state index contributed by atoms with van der Waals surface area (Å²) in [5, 5.41) is 3.09. The van der Waals surface area contributed by atoms with Crippen molar-refractivity contribution in [2.75, 3.05) is 11.9 Å². The normalized spacial score (nSPS) is 10.1. The molecule has 0 aliphatic carbocycles. The number of ether oxygens (including phenoxy) is 1. The average molecular weight is 245 g/mol. The molecule has 2 aromatic rings. The number of hydrogen-bond acceptors (Lipinski definition) is 6. The van der Waals surface area contributed by atoms with Crippen molar-refractivity contribution >= 4 is 5.95 Å². The van der Waals surface area contributed by atoms with Crippen LogP contribution in [0.5, 0.6) is 5.88 Å². The van der Waals surface area contributed by atoms with Gasteiger partial charge in [0.15, 0.2) is 0 Å². The Bertz CT molecular complexity index is 477. The molecule has 0 radical (unpaired) electrons. The molecule has 0 unspecified atom stereocenters. The first kappa shape index (κ1) is 12.2. The Hall–Kier alpha value is -2.24. The highest BCUT2D eigenvalue weighted by Gasteiger charge is 2.00. The lowest BCUT2D eigenvalue weighted by Crippen LogP contribution is -2.06. The monoisotopic (exact) mass is 245 g/mol. The molecule has 94 valence electrons. The third-order valence-corrected chi connectivity index (χ3v) is 2.15. The number of nitrogens with zero attached hydrogens (tertiary/aromatic N) is 4. The van der Waals surface area contributed by atoms with Crippen LogP contribution in [0.15, 0.2) is 30.9 Å². The first-order chi connectivity index (χ1) is 8.88. The molecule has 0 saturated carbocycles. The first-order valence-electron chi connectivity index (χ1n) is 5.83. The van der Waals surface area contributed by atoms with Crippen LogP contribution in [0.4, 0.5) is 5.95 Å². The minimum Gasteiger partial charge on any atom is -0.478 e. The molecular weight excluding hydrogens is 230 g/mol. The van der Waals surface area contributed by atoms with Gasteiger partial charge in [-0.3, -0.25) is 0 Å². The molecule has 6 nitrogen and oxygen atoms in total. The van der Waals surface area contributed by atoms with Gasteiger partial charge in [0.05, 0.1) is 18.8 Å². The average Bonchev–Trinajstić information content (AvgIpc) is 2.44. The summed E-state index contributed by atoms with van der Waals surface area (Å²) >= 11 is 0. The largest absolute Gasteiger partial charge is 0.478 e. The van der Waals surface area contributed by atoms with Gasteiger partial charge in [0.1, 0.15) is 6.33 Å². The van der Waals surface area contributed by atoms with E-state index in [1.807, 2.05) is 6.07 Å². The smallest absolute Gasteiger partial charge is 0.226 e. The van der Waals surface area contributed by atoms with Crippen LogP contribution >= 0.6 is 0 Å². The van der Waals surface area contributed by atoms with Gasteiger partial charge in [0, 0.05) is 18.5 Å². The Labute approximate surface area is 105 Å². The maximum absolute atomic E-state index is 5.43. The first-order valence-corrected chi connectivity index (χ1v) is 5.83. The summed E-state index contributed by atoms with van der Waals surface area (Å²) in [6.07, 6.45) is 5.83. The van der Waals surface area contributed by atoms with Gasteiger partial charge < -0.3 is 10.1 Å². The van der Waals surface area contributed by atoms with Crippen LogP contribution in [0.1, 0.15) is 19.0 Å². The van der Waals surface area contributed by atoms with Crippen molar-refractivity contribution < 1.29 is 4.74 Å². The zero-order valence-corrected chi connectivity index (χ0v) is 10.2. The summed E-state index contributed by atoms with van der Waals surface area (Å²) in [5.74, 6) is 1.11. The number of nitrogens with one attached hydrogen (secondary N) is 1. The third kappa shape index (κ3) is 3.65. The van der Waals surface area contributed by atoms with Gasteiger partial charge in [-0.2, -0.15) is 4.98 Å². The van der Waals surface area contributed by atoms with E-state index in [1.54, 1.807) is 18.5 Å². The summed E-state index contributed by atoms with van der Waals surface area (Å²) in [7, 11) is 0. The highest BCUT2D eigenvalue weighted by atomic mass is 16.5. The van der Waals surface area contributed by atoms with E-state index in [0.717, 1.165) is 12.1 Å². The lowest BCUT2D eigenvalue weighted by atomic mass is 10.4. The van der Waals surface area contributed by atoms with Gasteiger partial charge in [-0.05, 0) is 12.5 Å². The molecule has 0 fully saturated rings. The van der Waals surface area contributed by atoms with Gasteiger partial charge >= 0.3 is 0 Å². The summed E-state index contributed by atoms with van der Waals surface area (Å²) < 4.78 is 5.43. The number of anilines is 1. The molecule has 2 heterocycles. The Morgan fingerprint density at radius 3 is 2.94 bits per heavy atom. The minimum atomic E-state index is 0.530. The number of rotatable bonds is 6. The second kappa shape index (κ2) is 6.48. The van der Waals surface area contributed by atoms with Crippen molar-refractivity contribution in [1.29, 1.82) is 0 Å². The Morgan fingerprint density at radius 2 is 2.17 bits per heavy atom. The van der Waals surface area contributed by atoms with E-state index in [9.17, 15) is 0 Å². The fourth-order valence-corrected chi connectivity index (χ4v) is 1.31. The van der Waals surface area contributed by atoms with Crippen molar-refractivity contribution in [3.05, 3.63) is 36.5 Å². The van der Waals surface area contributed by atoms with Gasteiger partial charge in [-0.25, -0.2) is 15.0 Å². The van der Waals surface area contributed by atoms with Crippen LogP contribution < -0.4 is 10.1 Å². The van der Waals surface area contributed by atoms with Gasteiger partial charge in [-0.1, -0.05) is 6.92 Å². The lowest BCUT2D eigenvalue weighted by Gasteiger charge is -2.06. The van der Waals surface area contributed by atoms with E-state index in [0.29, 0.717) is 25.0 Å². The zero-order valence-electron chi connectivity index (χ0n) is 10.2. The zero-order chi connectivity index (χ0) is 12.6. The molecule has 0 aliphatic rings. The molecule has 1 N–H and O–H groups in total. The topological polar surface area (TPSA) is 72.8 Å². The van der Waals surface area contributed by atoms with Crippen molar-refractivity contribution in [3.63, 3.8) is 0 Å². The van der Waals surface area contributed by atoms with Gasteiger partial charge in [0.2, 0.25) is 11.8 Å². The van der Waals surface area contributed by atoms with E-state index in [-0.39, 0.29) is 0 Å². The second-order valence-corrected chi connectivity index (χ2v) is 3.62. The number of aromatic nitrogens is 4. The highest BCUT2D eigenvalue weighted by molar-refractivity contribution is 5.28. The maximum Gasteiger partial charge on any atom is 0.226 e. The standard InChI is InChI=1S/C12H15N5O/c1-2-7-18-11-4-6-14-12(17-11)15-8-10-3-5-13-9-16-10/h3-6,9H,2,7-8H2,1H3,(H,14,15,17). The Morgan fingerprint density at radius 1 is 1.22 bits per heavy atom.